The summed E-state index contributed by atoms with van der Waals surface area (Å²) in [7, 11) is 0. The molecule has 156 valence electrons. The smallest absolute Gasteiger partial charge is 0.321 e. The number of hydrogen-bond acceptors (Lipinski definition) is 4. The van der Waals surface area contributed by atoms with Gasteiger partial charge in [-0.2, -0.15) is 0 Å². The lowest BCUT2D eigenvalue weighted by Gasteiger charge is -2.34. The summed E-state index contributed by atoms with van der Waals surface area (Å²) in [6.07, 6.45) is 0. The fourth-order valence-corrected chi connectivity index (χ4v) is 3.66. The quantitative estimate of drug-likeness (QED) is 0.642. The van der Waals surface area contributed by atoms with Crippen LogP contribution in [-0.2, 0) is 6.54 Å². The Morgan fingerprint density at radius 2 is 1.77 bits per heavy atom. The zero-order valence-electron chi connectivity index (χ0n) is 17.2. The van der Waals surface area contributed by atoms with Crippen molar-refractivity contribution in [3.8, 4) is 11.5 Å². The number of hydrogen-bond donors (Lipinski definition) is 1. The van der Waals surface area contributed by atoms with Gasteiger partial charge in [-0.3, -0.25) is 4.90 Å². The highest BCUT2D eigenvalue weighted by atomic mass is 35.5. The van der Waals surface area contributed by atoms with E-state index in [1.54, 1.807) is 12.1 Å². The highest BCUT2D eigenvalue weighted by molar-refractivity contribution is 6.33. The SMILES string of the molecule is Cc1ccc(-c2nc(CN3CCN(C(=O)Nc4ccccc4Cl)CC3)c(C)o2)cc1. The molecule has 4 rings (SSSR count). The van der Waals surface area contributed by atoms with E-state index in [1.165, 1.54) is 5.56 Å². The molecule has 2 heterocycles. The van der Waals surface area contributed by atoms with E-state index < -0.39 is 0 Å². The molecule has 2 amide bonds. The van der Waals surface area contributed by atoms with Crippen LogP contribution in [0.15, 0.2) is 52.9 Å². The lowest BCUT2D eigenvalue weighted by molar-refractivity contribution is 0.141. The first-order valence-corrected chi connectivity index (χ1v) is 10.4. The molecule has 0 saturated carbocycles. The minimum atomic E-state index is -0.123. The molecule has 1 N–H and O–H groups in total. The van der Waals surface area contributed by atoms with Crippen molar-refractivity contribution in [2.45, 2.75) is 20.4 Å². The number of nitrogens with one attached hydrogen (secondary N) is 1. The average Bonchev–Trinajstić information content (AvgIpc) is 3.11. The van der Waals surface area contributed by atoms with E-state index in [9.17, 15) is 4.79 Å². The third kappa shape index (κ3) is 4.66. The van der Waals surface area contributed by atoms with Gasteiger partial charge < -0.3 is 14.6 Å². The maximum Gasteiger partial charge on any atom is 0.321 e. The van der Waals surface area contributed by atoms with Gasteiger partial charge >= 0.3 is 6.03 Å². The Labute approximate surface area is 181 Å². The zero-order valence-corrected chi connectivity index (χ0v) is 17.9. The van der Waals surface area contributed by atoms with Crippen LogP contribution in [0.2, 0.25) is 5.02 Å². The molecule has 0 radical (unpaired) electrons. The molecule has 0 aliphatic carbocycles. The second-order valence-corrected chi connectivity index (χ2v) is 7.97. The van der Waals surface area contributed by atoms with Crippen LogP contribution in [0.3, 0.4) is 0 Å². The average molecular weight is 425 g/mol. The van der Waals surface area contributed by atoms with Gasteiger partial charge in [-0.15, -0.1) is 0 Å². The second-order valence-electron chi connectivity index (χ2n) is 7.56. The van der Waals surface area contributed by atoms with Gasteiger partial charge in [0, 0.05) is 38.3 Å². The van der Waals surface area contributed by atoms with E-state index in [4.69, 9.17) is 21.0 Å². The first-order chi connectivity index (χ1) is 14.5. The molecule has 3 aromatic rings. The summed E-state index contributed by atoms with van der Waals surface area (Å²) in [5, 5.41) is 3.43. The number of urea groups is 1. The van der Waals surface area contributed by atoms with Crippen molar-refractivity contribution < 1.29 is 9.21 Å². The number of oxazole rings is 1. The van der Waals surface area contributed by atoms with Crippen LogP contribution in [0, 0.1) is 13.8 Å². The molecule has 1 aliphatic rings. The number of anilines is 1. The number of carbonyl (C=O) groups is 1. The maximum absolute atomic E-state index is 12.5. The number of aromatic nitrogens is 1. The van der Waals surface area contributed by atoms with E-state index in [1.807, 2.05) is 36.1 Å². The number of amides is 2. The summed E-state index contributed by atoms with van der Waals surface area (Å²) in [6, 6.07) is 15.3. The molecule has 2 aromatic carbocycles. The van der Waals surface area contributed by atoms with Crippen LogP contribution in [0.25, 0.3) is 11.5 Å². The van der Waals surface area contributed by atoms with E-state index in [0.717, 1.165) is 30.1 Å². The molecule has 1 saturated heterocycles. The number of rotatable bonds is 4. The molecule has 0 atom stereocenters. The predicted octanol–water partition coefficient (Wildman–Crippen LogP) is 4.96. The molecule has 0 spiro atoms. The number of piperazine rings is 1. The Balaban J connectivity index is 1.33. The minimum absolute atomic E-state index is 0.123. The van der Waals surface area contributed by atoms with Crippen molar-refractivity contribution in [2.24, 2.45) is 0 Å². The molecule has 0 unspecified atom stereocenters. The van der Waals surface area contributed by atoms with Crippen LogP contribution in [0.1, 0.15) is 17.0 Å². The number of para-hydroxylation sites is 1. The molecule has 1 fully saturated rings. The largest absolute Gasteiger partial charge is 0.441 e. The topological polar surface area (TPSA) is 61.6 Å². The van der Waals surface area contributed by atoms with Gasteiger partial charge in [0.1, 0.15) is 5.76 Å². The summed E-state index contributed by atoms with van der Waals surface area (Å²) in [5.41, 5.74) is 3.77. The number of aryl methyl sites for hydroxylation is 2. The number of carbonyl (C=O) groups excluding carboxylic acids is 1. The molecule has 1 aliphatic heterocycles. The maximum atomic E-state index is 12.5. The third-order valence-corrected chi connectivity index (χ3v) is 5.67. The second kappa shape index (κ2) is 8.90. The van der Waals surface area contributed by atoms with E-state index in [0.29, 0.717) is 36.2 Å². The van der Waals surface area contributed by atoms with Crippen LogP contribution in [0.5, 0.6) is 0 Å². The number of benzene rings is 2. The first-order valence-electron chi connectivity index (χ1n) is 10.1. The lowest BCUT2D eigenvalue weighted by atomic mass is 10.1. The zero-order chi connectivity index (χ0) is 21.1. The third-order valence-electron chi connectivity index (χ3n) is 5.34. The molecular formula is C23H25ClN4O2. The van der Waals surface area contributed by atoms with Crippen molar-refractivity contribution in [2.75, 3.05) is 31.5 Å². The predicted molar refractivity (Wildman–Crippen MR) is 119 cm³/mol. The summed E-state index contributed by atoms with van der Waals surface area (Å²) in [6.45, 7) is 7.58. The van der Waals surface area contributed by atoms with Crippen LogP contribution in [-0.4, -0.2) is 47.0 Å². The molecular weight excluding hydrogens is 400 g/mol. The molecule has 7 heteroatoms. The Kier molecular flexibility index (Phi) is 6.06. The number of halogens is 1. The Morgan fingerprint density at radius 3 is 2.47 bits per heavy atom. The minimum Gasteiger partial charge on any atom is -0.441 e. The normalized spacial score (nSPS) is 14.7. The van der Waals surface area contributed by atoms with Crippen molar-refractivity contribution in [1.82, 2.24) is 14.8 Å². The highest BCUT2D eigenvalue weighted by Gasteiger charge is 2.23. The summed E-state index contributed by atoms with van der Waals surface area (Å²) in [5.74, 6) is 1.49. The summed E-state index contributed by atoms with van der Waals surface area (Å²) < 4.78 is 5.89. The van der Waals surface area contributed by atoms with E-state index in [2.05, 4.69) is 29.3 Å². The number of nitrogens with zero attached hydrogens (tertiary/aromatic N) is 3. The van der Waals surface area contributed by atoms with Crippen molar-refractivity contribution in [3.05, 3.63) is 70.6 Å². The van der Waals surface area contributed by atoms with Crippen LogP contribution < -0.4 is 5.32 Å². The van der Waals surface area contributed by atoms with Gasteiger partial charge in [-0.1, -0.05) is 41.4 Å². The van der Waals surface area contributed by atoms with Gasteiger partial charge in [0.05, 0.1) is 16.4 Å². The van der Waals surface area contributed by atoms with E-state index >= 15 is 0 Å². The summed E-state index contributed by atoms with van der Waals surface area (Å²) >= 11 is 6.13. The van der Waals surface area contributed by atoms with Crippen molar-refractivity contribution in [1.29, 1.82) is 0 Å². The van der Waals surface area contributed by atoms with Crippen LogP contribution >= 0.6 is 11.6 Å². The fraction of sp³-hybridized carbons (Fsp3) is 0.304. The first kappa shape index (κ1) is 20.4. The standard InChI is InChI=1S/C23H25ClN4O2/c1-16-7-9-18(10-8-16)22-25-21(17(2)30-22)15-27-11-13-28(14-12-27)23(29)26-20-6-4-3-5-19(20)24/h3-10H,11-15H2,1-2H3,(H,26,29). The molecule has 6 nitrogen and oxygen atoms in total. The van der Waals surface area contributed by atoms with Crippen molar-refractivity contribution >= 4 is 23.3 Å². The Morgan fingerprint density at radius 1 is 1.07 bits per heavy atom. The van der Waals surface area contributed by atoms with Crippen molar-refractivity contribution in [3.63, 3.8) is 0 Å². The van der Waals surface area contributed by atoms with Gasteiger partial charge in [-0.25, -0.2) is 9.78 Å². The van der Waals surface area contributed by atoms with E-state index in [-0.39, 0.29) is 6.03 Å². The Bertz CT molecular complexity index is 1020. The molecule has 0 bridgehead atoms. The highest BCUT2D eigenvalue weighted by Crippen LogP contribution is 2.24. The lowest BCUT2D eigenvalue weighted by Crippen LogP contribution is -2.49. The Hall–Kier alpha value is -2.83. The molecule has 1 aromatic heterocycles. The van der Waals surface area contributed by atoms with Gasteiger partial charge in [0.2, 0.25) is 5.89 Å². The van der Waals surface area contributed by atoms with Gasteiger partial charge in [0.15, 0.2) is 0 Å². The molecule has 30 heavy (non-hydrogen) atoms. The van der Waals surface area contributed by atoms with Gasteiger partial charge in [-0.05, 0) is 38.1 Å². The summed E-state index contributed by atoms with van der Waals surface area (Å²) in [4.78, 5) is 21.3. The van der Waals surface area contributed by atoms with Crippen LogP contribution in [0.4, 0.5) is 10.5 Å². The fourth-order valence-electron chi connectivity index (χ4n) is 3.47. The monoisotopic (exact) mass is 424 g/mol. The van der Waals surface area contributed by atoms with Gasteiger partial charge in [0.25, 0.3) is 0 Å².